The lowest BCUT2D eigenvalue weighted by Crippen LogP contribution is -2.47. The molecule has 1 aliphatic rings. The molecule has 0 radical (unpaired) electrons. The molecule has 8 heteroatoms. The highest BCUT2D eigenvalue weighted by Crippen LogP contribution is 2.21. The van der Waals surface area contributed by atoms with Crippen LogP contribution >= 0.6 is 0 Å². The van der Waals surface area contributed by atoms with Crippen molar-refractivity contribution in [3.8, 4) is 0 Å². The average molecular weight is 390 g/mol. The topological polar surface area (TPSA) is 74.2 Å². The summed E-state index contributed by atoms with van der Waals surface area (Å²) in [6.07, 6.45) is 8.20. The molecular formula is C21H26N8. The van der Waals surface area contributed by atoms with Crippen molar-refractivity contribution in [1.29, 1.82) is 0 Å². The van der Waals surface area contributed by atoms with Gasteiger partial charge in [0, 0.05) is 70.6 Å². The van der Waals surface area contributed by atoms with Gasteiger partial charge in [0.05, 0.1) is 0 Å². The minimum absolute atomic E-state index is 0.794. The van der Waals surface area contributed by atoms with Gasteiger partial charge in [-0.2, -0.15) is 0 Å². The van der Waals surface area contributed by atoms with Gasteiger partial charge >= 0.3 is 0 Å². The molecule has 4 rings (SSSR count). The Hall–Kier alpha value is -3.29. The Morgan fingerprint density at radius 1 is 0.931 bits per heavy atom. The van der Waals surface area contributed by atoms with Gasteiger partial charge in [-0.3, -0.25) is 4.98 Å². The van der Waals surface area contributed by atoms with Crippen LogP contribution in [0.5, 0.6) is 0 Å². The minimum Gasteiger partial charge on any atom is -0.359 e. The maximum absolute atomic E-state index is 4.69. The van der Waals surface area contributed by atoms with Crippen molar-refractivity contribution in [2.75, 3.05) is 54.5 Å². The van der Waals surface area contributed by atoms with Gasteiger partial charge < -0.3 is 14.7 Å². The first kappa shape index (κ1) is 19.0. The number of hydrogen-bond donors (Lipinski definition) is 0. The number of nitrogens with zero attached hydrogens (tertiary/aromatic N) is 8. The molecule has 0 spiro atoms. The fourth-order valence-corrected chi connectivity index (χ4v) is 3.45. The van der Waals surface area contributed by atoms with Crippen molar-refractivity contribution in [2.45, 2.75) is 13.3 Å². The maximum Gasteiger partial charge on any atom is 0.225 e. The third kappa shape index (κ3) is 4.77. The number of likely N-dealkylation sites (N-methyl/N-ethyl adjacent to an activating group) is 1. The summed E-state index contributed by atoms with van der Waals surface area (Å²) in [5, 5.41) is 0. The summed E-state index contributed by atoms with van der Waals surface area (Å²) < 4.78 is 0. The van der Waals surface area contributed by atoms with Crippen LogP contribution in [0, 0.1) is 6.92 Å². The van der Waals surface area contributed by atoms with Gasteiger partial charge in [0.15, 0.2) is 0 Å². The van der Waals surface area contributed by atoms with Crippen LogP contribution in [0.15, 0.2) is 49.1 Å². The molecule has 1 fully saturated rings. The van der Waals surface area contributed by atoms with E-state index in [1.165, 1.54) is 5.56 Å². The van der Waals surface area contributed by atoms with Crippen LogP contribution < -0.4 is 14.7 Å². The quantitative estimate of drug-likeness (QED) is 0.633. The van der Waals surface area contributed by atoms with Crippen molar-refractivity contribution in [2.24, 2.45) is 0 Å². The van der Waals surface area contributed by atoms with E-state index in [1.807, 2.05) is 25.4 Å². The van der Waals surface area contributed by atoms with E-state index in [0.29, 0.717) is 0 Å². The zero-order chi connectivity index (χ0) is 20.1. The van der Waals surface area contributed by atoms with Crippen LogP contribution in [-0.2, 0) is 6.42 Å². The molecule has 0 unspecified atom stereocenters. The summed E-state index contributed by atoms with van der Waals surface area (Å²) in [5.74, 6) is 3.52. The third-order valence-corrected chi connectivity index (χ3v) is 5.13. The number of piperazine rings is 1. The highest BCUT2D eigenvalue weighted by Gasteiger charge is 2.21. The zero-order valence-electron chi connectivity index (χ0n) is 16.9. The Labute approximate surface area is 171 Å². The number of pyridine rings is 1. The molecule has 150 valence electrons. The summed E-state index contributed by atoms with van der Waals surface area (Å²) in [6.45, 7) is 6.36. The van der Waals surface area contributed by atoms with Crippen LogP contribution in [0.25, 0.3) is 0 Å². The second-order valence-electron chi connectivity index (χ2n) is 7.18. The molecule has 1 saturated heterocycles. The summed E-state index contributed by atoms with van der Waals surface area (Å²) in [4.78, 5) is 28.8. The highest BCUT2D eigenvalue weighted by atomic mass is 15.3. The van der Waals surface area contributed by atoms with Crippen molar-refractivity contribution in [3.63, 3.8) is 0 Å². The van der Waals surface area contributed by atoms with E-state index in [1.54, 1.807) is 12.4 Å². The molecule has 0 bridgehead atoms. The summed E-state index contributed by atoms with van der Waals surface area (Å²) >= 11 is 0. The molecule has 0 saturated carbocycles. The van der Waals surface area contributed by atoms with Crippen LogP contribution in [0.4, 0.5) is 17.6 Å². The SMILES string of the molecule is Cc1nc(N(C)CCc2ccncc2)cc(N2CCN(c3ncccn3)CC2)n1. The molecule has 8 nitrogen and oxygen atoms in total. The number of anilines is 3. The largest absolute Gasteiger partial charge is 0.359 e. The Kier molecular flexibility index (Phi) is 5.79. The Bertz CT molecular complexity index is 910. The molecule has 0 amide bonds. The fourth-order valence-electron chi connectivity index (χ4n) is 3.45. The summed E-state index contributed by atoms with van der Waals surface area (Å²) in [6, 6.07) is 8.05. The van der Waals surface area contributed by atoms with Crippen LogP contribution in [0.3, 0.4) is 0 Å². The molecule has 0 atom stereocenters. The van der Waals surface area contributed by atoms with Crippen LogP contribution in [0.2, 0.25) is 0 Å². The Balaban J connectivity index is 1.40. The van der Waals surface area contributed by atoms with Crippen LogP contribution in [-0.4, -0.2) is 64.7 Å². The predicted molar refractivity (Wildman–Crippen MR) is 114 cm³/mol. The second-order valence-corrected chi connectivity index (χ2v) is 7.18. The predicted octanol–water partition coefficient (Wildman–Crippen LogP) is 1.98. The van der Waals surface area contributed by atoms with E-state index in [2.05, 4.69) is 64.9 Å². The molecule has 0 aromatic carbocycles. The first-order valence-corrected chi connectivity index (χ1v) is 9.92. The van der Waals surface area contributed by atoms with Gasteiger partial charge in [0.25, 0.3) is 0 Å². The normalized spacial score (nSPS) is 14.1. The number of aryl methyl sites for hydroxylation is 1. The summed E-state index contributed by atoms with van der Waals surface area (Å²) in [7, 11) is 2.08. The van der Waals surface area contributed by atoms with Crippen molar-refractivity contribution >= 4 is 17.6 Å². The zero-order valence-corrected chi connectivity index (χ0v) is 16.9. The monoisotopic (exact) mass is 390 g/mol. The van der Waals surface area contributed by atoms with Crippen molar-refractivity contribution in [3.05, 3.63) is 60.4 Å². The van der Waals surface area contributed by atoms with Gasteiger partial charge in [-0.15, -0.1) is 0 Å². The summed E-state index contributed by atoms with van der Waals surface area (Å²) in [5.41, 5.74) is 1.28. The molecule has 0 aliphatic carbocycles. The first-order valence-electron chi connectivity index (χ1n) is 9.92. The van der Waals surface area contributed by atoms with E-state index >= 15 is 0 Å². The van der Waals surface area contributed by atoms with Gasteiger partial charge in [-0.1, -0.05) is 0 Å². The molecule has 0 N–H and O–H groups in total. The Morgan fingerprint density at radius 3 is 2.34 bits per heavy atom. The fraction of sp³-hybridized carbons (Fsp3) is 0.381. The van der Waals surface area contributed by atoms with E-state index < -0.39 is 0 Å². The van der Waals surface area contributed by atoms with Gasteiger partial charge in [-0.25, -0.2) is 19.9 Å². The molecule has 1 aliphatic heterocycles. The molecular weight excluding hydrogens is 364 g/mol. The third-order valence-electron chi connectivity index (χ3n) is 5.13. The Morgan fingerprint density at radius 2 is 1.62 bits per heavy atom. The second kappa shape index (κ2) is 8.81. The maximum atomic E-state index is 4.69. The van der Waals surface area contributed by atoms with Gasteiger partial charge in [0.1, 0.15) is 17.5 Å². The average Bonchev–Trinajstić information content (AvgIpc) is 2.78. The highest BCUT2D eigenvalue weighted by molar-refractivity contribution is 5.52. The van der Waals surface area contributed by atoms with Gasteiger partial charge in [-0.05, 0) is 37.1 Å². The number of rotatable bonds is 6. The minimum atomic E-state index is 0.794. The first-order chi connectivity index (χ1) is 14.2. The standard InChI is InChI=1S/C21H26N8/c1-17-25-19(27(2)11-6-18-4-9-22-10-5-18)16-20(26-17)28-12-14-29(15-13-28)21-23-7-3-8-24-21/h3-5,7-10,16H,6,11-15H2,1-2H3. The van der Waals surface area contributed by atoms with Gasteiger partial charge in [0.2, 0.25) is 5.95 Å². The smallest absolute Gasteiger partial charge is 0.225 e. The molecule has 3 aromatic rings. The van der Waals surface area contributed by atoms with E-state index in [0.717, 1.165) is 62.6 Å². The van der Waals surface area contributed by atoms with Crippen molar-refractivity contribution in [1.82, 2.24) is 24.9 Å². The molecule has 4 heterocycles. The number of aromatic nitrogens is 5. The van der Waals surface area contributed by atoms with E-state index in [-0.39, 0.29) is 0 Å². The lowest BCUT2D eigenvalue weighted by atomic mass is 10.2. The van der Waals surface area contributed by atoms with Crippen molar-refractivity contribution < 1.29 is 0 Å². The molecule has 3 aromatic heterocycles. The number of hydrogen-bond acceptors (Lipinski definition) is 8. The molecule has 29 heavy (non-hydrogen) atoms. The lowest BCUT2D eigenvalue weighted by Gasteiger charge is -2.35. The van der Waals surface area contributed by atoms with Crippen LogP contribution in [0.1, 0.15) is 11.4 Å². The lowest BCUT2D eigenvalue weighted by molar-refractivity contribution is 0.633. The van der Waals surface area contributed by atoms with E-state index in [9.17, 15) is 0 Å². The van der Waals surface area contributed by atoms with E-state index in [4.69, 9.17) is 0 Å².